The minimum Gasteiger partial charge on any atom is -0.497 e. The molecule has 4 atom stereocenters. The average Bonchev–Trinajstić information content (AvgIpc) is 2.96. The number of methoxy groups -OCH3 is 4. The highest BCUT2D eigenvalue weighted by Gasteiger charge is 2.54. The van der Waals surface area contributed by atoms with Gasteiger partial charge in [-0.3, -0.25) is 19.4 Å². The first-order chi connectivity index (χ1) is 19.3. The number of nitrogens with zero attached hydrogens (tertiary/aromatic N) is 2. The zero-order valence-electron chi connectivity index (χ0n) is 23.3. The number of rotatable bonds is 10. The molecule has 0 aliphatic carbocycles. The van der Waals surface area contributed by atoms with Gasteiger partial charge >= 0.3 is 11.9 Å². The molecule has 0 spiro atoms. The van der Waals surface area contributed by atoms with Crippen LogP contribution in [0.2, 0.25) is 0 Å². The maximum Gasteiger partial charge on any atom is 0.332 e. The van der Waals surface area contributed by atoms with E-state index in [2.05, 4.69) is 0 Å². The summed E-state index contributed by atoms with van der Waals surface area (Å²) < 4.78 is 30.2. The molecule has 0 N–H and O–H groups in total. The Morgan fingerprint density at radius 1 is 0.625 bits per heavy atom. The van der Waals surface area contributed by atoms with Crippen LogP contribution < -0.4 is 19.3 Å². The van der Waals surface area contributed by atoms with Gasteiger partial charge in [0.2, 0.25) is 0 Å². The van der Waals surface area contributed by atoms with Gasteiger partial charge < -0.3 is 28.4 Å². The van der Waals surface area contributed by atoms with E-state index in [0.29, 0.717) is 22.9 Å². The van der Waals surface area contributed by atoms with Crippen LogP contribution in [0.5, 0.6) is 11.5 Å². The van der Waals surface area contributed by atoms with Crippen LogP contribution in [0.1, 0.15) is 13.8 Å². The molecule has 2 saturated heterocycles. The maximum absolute atomic E-state index is 12.0. The largest absolute Gasteiger partial charge is 0.497 e. The third kappa shape index (κ3) is 6.02. The number of carbonyl (C=O) groups is 4. The van der Waals surface area contributed by atoms with Crippen molar-refractivity contribution in [2.45, 2.75) is 38.1 Å². The van der Waals surface area contributed by atoms with E-state index < -0.39 is 36.2 Å². The molecular weight excluding hydrogens is 524 g/mol. The molecule has 2 aromatic rings. The van der Waals surface area contributed by atoms with Crippen molar-refractivity contribution in [2.75, 3.05) is 51.5 Å². The molecule has 0 bridgehead atoms. The molecular formula is C28H34N2O10. The number of β-lactam (4-membered cyclic amide) rings is 2. The van der Waals surface area contributed by atoms with Crippen molar-refractivity contribution in [1.29, 1.82) is 0 Å². The van der Waals surface area contributed by atoms with Crippen LogP contribution >= 0.6 is 0 Å². The number of ether oxygens (including phenoxy) is 6. The summed E-state index contributed by atoms with van der Waals surface area (Å²) >= 11 is 0. The topological polar surface area (TPSA) is 130 Å². The van der Waals surface area contributed by atoms with Crippen molar-refractivity contribution < 1.29 is 47.6 Å². The van der Waals surface area contributed by atoms with Crippen LogP contribution in [0.4, 0.5) is 11.4 Å². The molecule has 4 unspecified atom stereocenters. The Morgan fingerprint density at radius 3 is 1.20 bits per heavy atom. The van der Waals surface area contributed by atoms with Crippen LogP contribution in [0, 0.1) is 0 Å². The van der Waals surface area contributed by atoms with Gasteiger partial charge in [0.25, 0.3) is 11.8 Å². The predicted octanol–water partition coefficient (Wildman–Crippen LogP) is 1.98. The van der Waals surface area contributed by atoms with Crippen LogP contribution in [0.15, 0.2) is 48.5 Å². The van der Waals surface area contributed by atoms with Crippen LogP contribution in [-0.4, -0.2) is 89.7 Å². The molecule has 2 aromatic carbocycles. The number of benzene rings is 2. The maximum atomic E-state index is 12.0. The fourth-order valence-electron chi connectivity index (χ4n) is 4.36. The van der Waals surface area contributed by atoms with E-state index in [1.165, 1.54) is 24.0 Å². The van der Waals surface area contributed by atoms with Crippen molar-refractivity contribution in [1.82, 2.24) is 0 Å². The van der Waals surface area contributed by atoms with E-state index in [4.69, 9.17) is 28.4 Å². The fourth-order valence-corrected chi connectivity index (χ4v) is 4.36. The number of carbonyl (C=O) groups excluding carboxylic acids is 4. The van der Waals surface area contributed by atoms with Gasteiger partial charge in [0.05, 0.1) is 27.4 Å². The summed E-state index contributed by atoms with van der Waals surface area (Å²) in [6, 6.07) is 12.3. The Bertz CT molecular complexity index is 1090. The highest BCUT2D eigenvalue weighted by atomic mass is 16.5. The Labute approximate surface area is 232 Å². The molecule has 0 aromatic heterocycles. The van der Waals surface area contributed by atoms with E-state index in [-0.39, 0.29) is 25.0 Å². The number of amides is 2. The second-order valence-corrected chi connectivity index (χ2v) is 8.52. The first-order valence-electron chi connectivity index (χ1n) is 12.6. The number of anilines is 2. The van der Waals surface area contributed by atoms with Gasteiger partial charge in [0, 0.05) is 25.6 Å². The summed E-state index contributed by atoms with van der Waals surface area (Å²) in [5.74, 6) is -0.0774. The standard InChI is InChI=1S/2C14H17NO5/c2*1-4-20-14(17)11-12(19-3)13(16)15(11)9-5-7-10(18-2)8-6-9/h2*5-8,11-12H,4H2,1-3H3. The molecule has 2 aliphatic rings. The fraction of sp³-hybridized carbons (Fsp3) is 0.429. The second-order valence-electron chi connectivity index (χ2n) is 8.52. The van der Waals surface area contributed by atoms with Crippen molar-refractivity contribution in [2.24, 2.45) is 0 Å². The van der Waals surface area contributed by atoms with Gasteiger partial charge in [-0.25, -0.2) is 9.59 Å². The lowest BCUT2D eigenvalue weighted by molar-refractivity contribution is -0.160. The van der Waals surface area contributed by atoms with E-state index in [1.54, 1.807) is 76.6 Å². The summed E-state index contributed by atoms with van der Waals surface area (Å²) in [4.78, 5) is 50.7. The lowest BCUT2D eigenvalue weighted by Gasteiger charge is -2.44. The summed E-state index contributed by atoms with van der Waals surface area (Å²) in [5, 5.41) is 0. The normalized spacial score (nSPS) is 21.4. The molecule has 216 valence electrons. The van der Waals surface area contributed by atoms with Crippen molar-refractivity contribution in [3.05, 3.63) is 48.5 Å². The predicted molar refractivity (Wildman–Crippen MR) is 143 cm³/mol. The number of hydrogen-bond donors (Lipinski definition) is 0. The molecule has 2 aliphatic heterocycles. The lowest BCUT2D eigenvalue weighted by atomic mass is 9.96. The number of hydrogen-bond acceptors (Lipinski definition) is 10. The first kappa shape index (κ1) is 30.4. The van der Waals surface area contributed by atoms with Gasteiger partial charge in [0.1, 0.15) is 11.5 Å². The SMILES string of the molecule is CCOC(=O)C1C(OC)C(=O)N1c1ccc(OC)cc1.CCOC(=O)C1C(OC)C(=O)N1c1ccc(OC)cc1. The Hall–Kier alpha value is -4.16. The molecule has 40 heavy (non-hydrogen) atoms. The molecule has 0 saturated carbocycles. The Balaban J connectivity index is 0.000000220. The lowest BCUT2D eigenvalue weighted by Crippen LogP contribution is -2.69. The first-order valence-corrected chi connectivity index (χ1v) is 12.6. The average molecular weight is 559 g/mol. The minimum absolute atomic E-state index is 0.254. The zero-order valence-corrected chi connectivity index (χ0v) is 23.3. The van der Waals surface area contributed by atoms with E-state index in [9.17, 15) is 19.2 Å². The Morgan fingerprint density at radius 2 is 0.950 bits per heavy atom. The van der Waals surface area contributed by atoms with Crippen LogP contribution in [0.3, 0.4) is 0 Å². The quantitative estimate of drug-likeness (QED) is 0.315. The third-order valence-corrected chi connectivity index (χ3v) is 6.36. The minimum atomic E-state index is -0.781. The summed E-state index contributed by atoms with van der Waals surface area (Å²) in [6.07, 6.45) is -1.56. The smallest absolute Gasteiger partial charge is 0.332 e. The Kier molecular flexibility index (Phi) is 10.5. The highest BCUT2D eigenvalue weighted by molar-refractivity contribution is 6.13. The van der Waals surface area contributed by atoms with E-state index >= 15 is 0 Å². The number of esters is 2. The van der Waals surface area contributed by atoms with Crippen molar-refractivity contribution in [3.8, 4) is 11.5 Å². The third-order valence-electron chi connectivity index (χ3n) is 6.36. The summed E-state index contributed by atoms with van der Waals surface area (Å²) in [5.41, 5.74) is 1.23. The molecule has 2 heterocycles. The molecule has 0 radical (unpaired) electrons. The monoisotopic (exact) mass is 558 g/mol. The van der Waals surface area contributed by atoms with Gasteiger partial charge in [-0.05, 0) is 62.4 Å². The van der Waals surface area contributed by atoms with Crippen LogP contribution in [0.25, 0.3) is 0 Å². The van der Waals surface area contributed by atoms with Gasteiger partial charge in [-0.1, -0.05) is 0 Å². The summed E-state index contributed by atoms with van der Waals surface area (Å²) in [6.45, 7) is 3.96. The second kappa shape index (κ2) is 13.8. The molecule has 12 heteroatoms. The van der Waals surface area contributed by atoms with Crippen LogP contribution in [-0.2, 0) is 38.1 Å². The van der Waals surface area contributed by atoms with Crippen molar-refractivity contribution >= 4 is 35.1 Å². The van der Waals surface area contributed by atoms with Gasteiger partial charge in [-0.2, -0.15) is 0 Å². The zero-order chi connectivity index (χ0) is 29.4. The van der Waals surface area contributed by atoms with Gasteiger partial charge in [0.15, 0.2) is 24.3 Å². The molecule has 12 nitrogen and oxygen atoms in total. The van der Waals surface area contributed by atoms with E-state index in [1.807, 2.05) is 0 Å². The molecule has 2 amide bonds. The summed E-state index contributed by atoms with van der Waals surface area (Å²) in [7, 11) is 5.93. The van der Waals surface area contributed by atoms with E-state index in [0.717, 1.165) is 0 Å². The van der Waals surface area contributed by atoms with Gasteiger partial charge in [-0.15, -0.1) is 0 Å². The molecule has 4 rings (SSSR count). The van der Waals surface area contributed by atoms with Crippen molar-refractivity contribution in [3.63, 3.8) is 0 Å². The highest BCUT2D eigenvalue weighted by Crippen LogP contribution is 2.33. The molecule has 2 fully saturated rings.